The second-order valence-electron chi connectivity index (χ2n) is 7.98. The van der Waals surface area contributed by atoms with Crippen molar-refractivity contribution in [1.82, 2.24) is 29.5 Å². The van der Waals surface area contributed by atoms with E-state index in [-0.39, 0.29) is 5.97 Å². The van der Waals surface area contributed by atoms with Gasteiger partial charge in [0.15, 0.2) is 5.65 Å². The Bertz CT molecular complexity index is 1510. The Balaban J connectivity index is 1.57. The Labute approximate surface area is 190 Å². The number of para-hydroxylation sites is 1. The average molecular weight is 441 g/mol. The van der Waals surface area contributed by atoms with E-state index in [9.17, 15) is 4.79 Å². The number of carbonyl (C=O) groups excluding carboxylic acids is 1. The molecule has 8 nitrogen and oxygen atoms in total. The van der Waals surface area contributed by atoms with Crippen molar-refractivity contribution in [3.63, 3.8) is 0 Å². The summed E-state index contributed by atoms with van der Waals surface area (Å²) in [7, 11) is 1.39. The Kier molecular flexibility index (Phi) is 5.12. The molecule has 0 amide bonds. The van der Waals surface area contributed by atoms with E-state index >= 15 is 0 Å². The molecule has 2 aromatic carbocycles. The molecule has 0 spiro atoms. The zero-order valence-corrected chi connectivity index (χ0v) is 19.0. The van der Waals surface area contributed by atoms with Gasteiger partial charge in [-0.1, -0.05) is 30.3 Å². The summed E-state index contributed by atoms with van der Waals surface area (Å²) in [5, 5.41) is 14.7. The van der Waals surface area contributed by atoms with Crippen molar-refractivity contribution in [1.29, 1.82) is 0 Å². The number of ether oxygens (including phenoxy) is 1. The van der Waals surface area contributed by atoms with E-state index in [2.05, 4.69) is 27.8 Å². The van der Waals surface area contributed by atoms with Crippen LogP contribution in [0.1, 0.15) is 39.8 Å². The first-order valence-electron chi connectivity index (χ1n) is 10.9. The SMILES string of the molecule is CCn1c2ccccc2c2nnc(-n3nc(C)c(Cc4cccc(C(=O)OC)c4)c3C)nc21. The predicted octanol–water partition coefficient (Wildman–Crippen LogP) is 4.18. The van der Waals surface area contributed by atoms with E-state index in [1.165, 1.54) is 7.11 Å². The summed E-state index contributed by atoms with van der Waals surface area (Å²) in [6.45, 7) is 6.85. The highest BCUT2D eigenvalue weighted by Gasteiger charge is 2.19. The Morgan fingerprint density at radius 3 is 2.67 bits per heavy atom. The normalized spacial score (nSPS) is 11.4. The van der Waals surface area contributed by atoms with E-state index < -0.39 is 0 Å². The standard InChI is InChI=1S/C25H24N6O2/c1-5-30-21-12-7-6-11-19(21)22-23(30)26-25(28-27-22)31-16(3)20(15(2)29-31)14-17-9-8-10-18(13-17)24(32)33-4/h6-13H,5,14H2,1-4H3. The molecule has 3 aromatic heterocycles. The van der Waals surface area contributed by atoms with E-state index in [0.717, 1.165) is 51.1 Å². The molecule has 33 heavy (non-hydrogen) atoms. The van der Waals surface area contributed by atoms with Crippen LogP contribution in [0, 0.1) is 13.8 Å². The summed E-state index contributed by atoms with van der Waals surface area (Å²) >= 11 is 0. The van der Waals surface area contributed by atoms with Gasteiger partial charge in [0.25, 0.3) is 5.95 Å². The third-order valence-corrected chi connectivity index (χ3v) is 6.04. The molecule has 3 heterocycles. The summed E-state index contributed by atoms with van der Waals surface area (Å²) in [5.41, 5.74) is 7.10. The lowest BCUT2D eigenvalue weighted by atomic mass is 10.0. The molecule has 0 aliphatic heterocycles. The molecule has 0 bridgehead atoms. The first-order chi connectivity index (χ1) is 16.0. The number of fused-ring (bicyclic) bond motifs is 3. The molecule has 0 aliphatic carbocycles. The summed E-state index contributed by atoms with van der Waals surface area (Å²) < 4.78 is 8.74. The van der Waals surface area contributed by atoms with Gasteiger partial charge in [-0.3, -0.25) is 0 Å². The van der Waals surface area contributed by atoms with Crippen molar-refractivity contribution in [2.75, 3.05) is 7.11 Å². The van der Waals surface area contributed by atoms with E-state index in [4.69, 9.17) is 14.8 Å². The number of benzene rings is 2. The smallest absolute Gasteiger partial charge is 0.337 e. The number of aromatic nitrogens is 6. The summed E-state index contributed by atoms with van der Waals surface area (Å²) in [5.74, 6) is 0.0928. The highest BCUT2D eigenvalue weighted by Crippen LogP contribution is 2.27. The number of esters is 1. The van der Waals surface area contributed by atoms with Gasteiger partial charge in [0, 0.05) is 29.6 Å². The van der Waals surface area contributed by atoms with Crippen LogP contribution in [0.25, 0.3) is 28.0 Å². The minimum Gasteiger partial charge on any atom is -0.465 e. The molecular weight excluding hydrogens is 416 g/mol. The van der Waals surface area contributed by atoms with Crippen molar-refractivity contribution in [3.8, 4) is 5.95 Å². The van der Waals surface area contributed by atoms with Crippen LogP contribution >= 0.6 is 0 Å². The van der Waals surface area contributed by atoms with Crippen LogP contribution in [0.4, 0.5) is 0 Å². The highest BCUT2D eigenvalue weighted by atomic mass is 16.5. The molecule has 166 valence electrons. The summed E-state index contributed by atoms with van der Waals surface area (Å²) in [4.78, 5) is 16.8. The molecule has 5 aromatic rings. The lowest BCUT2D eigenvalue weighted by Gasteiger charge is -2.06. The fraction of sp³-hybridized carbons (Fsp3) is 0.240. The number of aryl methyl sites for hydroxylation is 2. The molecule has 5 rings (SSSR count). The zero-order chi connectivity index (χ0) is 23.1. The topological polar surface area (TPSA) is 87.7 Å². The van der Waals surface area contributed by atoms with Crippen LogP contribution in [0.15, 0.2) is 48.5 Å². The third-order valence-electron chi connectivity index (χ3n) is 6.04. The van der Waals surface area contributed by atoms with Gasteiger partial charge in [-0.05, 0) is 44.5 Å². The second kappa shape index (κ2) is 8.12. The fourth-order valence-corrected chi connectivity index (χ4v) is 4.36. The van der Waals surface area contributed by atoms with Crippen LogP contribution < -0.4 is 0 Å². The molecule has 0 unspecified atom stereocenters. The van der Waals surface area contributed by atoms with Crippen molar-refractivity contribution >= 4 is 28.0 Å². The van der Waals surface area contributed by atoms with Gasteiger partial charge in [0.2, 0.25) is 0 Å². The third kappa shape index (κ3) is 3.44. The molecule has 0 aliphatic rings. The minimum atomic E-state index is -0.347. The molecule has 0 saturated carbocycles. The van der Waals surface area contributed by atoms with Gasteiger partial charge in [0.05, 0.1) is 23.9 Å². The van der Waals surface area contributed by atoms with E-state index in [0.29, 0.717) is 17.9 Å². The van der Waals surface area contributed by atoms with E-state index in [1.807, 2.05) is 50.2 Å². The zero-order valence-electron chi connectivity index (χ0n) is 19.0. The maximum absolute atomic E-state index is 11.9. The van der Waals surface area contributed by atoms with Crippen LogP contribution in [0.2, 0.25) is 0 Å². The van der Waals surface area contributed by atoms with Crippen LogP contribution in [-0.2, 0) is 17.7 Å². The molecule has 0 atom stereocenters. The van der Waals surface area contributed by atoms with Crippen LogP contribution in [-0.4, -0.2) is 42.6 Å². The molecule has 0 radical (unpaired) electrons. The van der Waals surface area contributed by atoms with Gasteiger partial charge in [0.1, 0.15) is 5.52 Å². The summed E-state index contributed by atoms with van der Waals surface area (Å²) in [6, 6.07) is 15.6. The van der Waals surface area contributed by atoms with Crippen molar-refractivity contribution in [3.05, 3.63) is 76.6 Å². The fourth-order valence-electron chi connectivity index (χ4n) is 4.36. The molecule has 0 saturated heterocycles. The number of rotatable bonds is 5. The second-order valence-corrected chi connectivity index (χ2v) is 7.98. The number of hydrogen-bond donors (Lipinski definition) is 0. The van der Waals surface area contributed by atoms with E-state index in [1.54, 1.807) is 10.7 Å². The predicted molar refractivity (Wildman–Crippen MR) is 126 cm³/mol. The van der Waals surface area contributed by atoms with Gasteiger partial charge in [-0.2, -0.15) is 10.1 Å². The van der Waals surface area contributed by atoms with Crippen LogP contribution in [0.3, 0.4) is 0 Å². The minimum absolute atomic E-state index is 0.347. The lowest BCUT2D eigenvalue weighted by molar-refractivity contribution is 0.0600. The molecule has 0 fully saturated rings. The van der Waals surface area contributed by atoms with Crippen molar-refractivity contribution < 1.29 is 9.53 Å². The van der Waals surface area contributed by atoms with Crippen molar-refractivity contribution in [2.24, 2.45) is 0 Å². The molecule has 0 N–H and O–H groups in total. The Morgan fingerprint density at radius 1 is 1.06 bits per heavy atom. The average Bonchev–Trinajstić information content (AvgIpc) is 3.32. The largest absolute Gasteiger partial charge is 0.465 e. The van der Waals surface area contributed by atoms with Gasteiger partial charge in [-0.15, -0.1) is 10.2 Å². The quantitative estimate of drug-likeness (QED) is 0.381. The van der Waals surface area contributed by atoms with Gasteiger partial charge in [-0.25, -0.2) is 9.48 Å². The maximum Gasteiger partial charge on any atom is 0.337 e. The number of carbonyl (C=O) groups is 1. The molecular formula is C25H24N6O2. The van der Waals surface area contributed by atoms with Crippen molar-refractivity contribution in [2.45, 2.75) is 33.7 Å². The number of hydrogen-bond acceptors (Lipinski definition) is 6. The molecule has 8 heteroatoms. The number of nitrogens with zero attached hydrogens (tertiary/aromatic N) is 6. The van der Waals surface area contributed by atoms with Gasteiger partial charge >= 0.3 is 5.97 Å². The van der Waals surface area contributed by atoms with Crippen LogP contribution in [0.5, 0.6) is 0 Å². The summed E-state index contributed by atoms with van der Waals surface area (Å²) in [6.07, 6.45) is 0.632. The lowest BCUT2D eigenvalue weighted by Crippen LogP contribution is -2.08. The highest BCUT2D eigenvalue weighted by molar-refractivity contribution is 6.04. The number of methoxy groups -OCH3 is 1. The maximum atomic E-state index is 11.9. The Morgan fingerprint density at radius 2 is 1.88 bits per heavy atom. The first kappa shape index (κ1) is 20.8. The monoisotopic (exact) mass is 440 g/mol. The Hall–Kier alpha value is -4.07. The first-order valence-corrected chi connectivity index (χ1v) is 10.9. The van der Waals surface area contributed by atoms with Gasteiger partial charge < -0.3 is 9.30 Å².